The largest absolute Gasteiger partial charge is 0.391 e. The van der Waals surface area contributed by atoms with Gasteiger partial charge in [-0.15, -0.1) is 6.58 Å². The quantitative estimate of drug-likeness (QED) is 0.643. The summed E-state index contributed by atoms with van der Waals surface area (Å²) in [5, 5.41) is 9.76. The van der Waals surface area contributed by atoms with Crippen molar-refractivity contribution in [2.75, 3.05) is 13.6 Å². The van der Waals surface area contributed by atoms with E-state index in [-0.39, 0.29) is 6.10 Å². The first-order valence-corrected chi connectivity index (χ1v) is 4.75. The number of aliphatic hydroxyl groups is 1. The average molecular weight is 169 g/mol. The predicted octanol–water partition coefficient (Wildman–Crippen LogP) is 1.41. The van der Waals surface area contributed by atoms with E-state index >= 15 is 0 Å². The third kappa shape index (κ3) is 2.32. The van der Waals surface area contributed by atoms with Crippen LogP contribution in [-0.4, -0.2) is 35.7 Å². The molecule has 70 valence electrons. The molecule has 1 aliphatic heterocycles. The lowest BCUT2D eigenvalue weighted by Crippen LogP contribution is -2.36. The lowest BCUT2D eigenvalue weighted by molar-refractivity contribution is 0.0794. The highest BCUT2D eigenvalue weighted by atomic mass is 16.3. The molecule has 2 heteroatoms. The minimum absolute atomic E-state index is 0.157. The van der Waals surface area contributed by atoms with Crippen molar-refractivity contribution in [3.8, 4) is 0 Å². The van der Waals surface area contributed by atoms with Crippen LogP contribution in [0.5, 0.6) is 0 Å². The standard InChI is InChI=1S/C10H19NO/c1-3-4-7-10(12)9-6-5-8-11(9)2/h3,9-10,12H,1,4-8H2,2H3/t9?,10-/m0/s1. The molecule has 0 aromatic heterocycles. The second-order valence-corrected chi connectivity index (χ2v) is 3.62. The molecule has 1 aliphatic rings. The van der Waals surface area contributed by atoms with Crippen LogP contribution in [0.3, 0.4) is 0 Å². The molecule has 0 radical (unpaired) electrons. The number of hydrogen-bond acceptors (Lipinski definition) is 2. The molecule has 1 saturated heterocycles. The average Bonchev–Trinajstić information content (AvgIpc) is 2.47. The Bertz CT molecular complexity index is 147. The molecule has 0 spiro atoms. The SMILES string of the molecule is C=CCC[C@H](O)C1CCCN1C. The lowest BCUT2D eigenvalue weighted by Gasteiger charge is -2.24. The van der Waals surface area contributed by atoms with Gasteiger partial charge in [-0.25, -0.2) is 0 Å². The van der Waals surface area contributed by atoms with E-state index in [9.17, 15) is 5.11 Å². The second kappa shape index (κ2) is 4.63. The summed E-state index contributed by atoms with van der Waals surface area (Å²) >= 11 is 0. The van der Waals surface area contributed by atoms with Gasteiger partial charge >= 0.3 is 0 Å². The fraction of sp³-hybridized carbons (Fsp3) is 0.800. The molecule has 2 atom stereocenters. The van der Waals surface area contributed by atoms with Gasteiger partial charge in [0.05, 0.1) is 6.10 Å². The van der Waals surface area contributed by atoms with Crippen LogP contribution in [-0.2, 0) is 0 Å². The molecular weight excluding hydrogens is 150 g/mol. The van der Waals surface area contributed by atoms with Crippen LogP contribution in [0.2, 0.25) is 0 Å². The molecule has 12 heavy (non-hydrogen) atoms. The van der Waals surface area contributed by atoms with Gasteiger partial charge in [0.2, 0.25) is 0 Å². The fourth-order valence-electron chi connectivity index (χ4n) is 1.90. The highest BCUT2D eigenvalue weighted by Crippen LogP contribution is 2.20. The Hall–Kier alpha value is -0.340. The Morgan fingerprint density at radius 3 is 3.00 bits per heavy atom. The first-order valence-electron chi connectivity index (χ1n) is 4.75. The number of aliphatic hydroxyl groups excluding tert-OH is 1. The molecule has 0 saturated carbocycles. The smallest absolute Gasteiger partial charge is 0.0698 e. The van der Waals surface area contributed by atoms with Crippen LogP contribution >= 0.6 is 0 Å². The van der Waals surface area contributed by atoms with Crippen molar-refractivity contribution in [3.05, 3.63) is 12.7 Å². The van der Waals surface area contributed by atoms with E-state index in [1.165, 1.54) is 6.42 Å². The molecule has 2 nitrogen and oxygen atoms in total. The molecule has 0 aromatic rings. The number of nitrogens with zero attached hydrogens (tertiary/aromatic N) is 1. The van der Waals surface area contributed by atoms with E-state index in [1.54, 1.807) is 0 Å². The zero-order valence-corrected chi connectivity index (χ0v) is 7.87. The summed E-state index contributed by atoms with van der Waals surface area (Å²) in [5.74, 6) is 0. The van der Waals surface area contributed by atoms with Gasteiger partial charge in [-0.2, -0.15) is 0 Å². The van der Waals surface area contributed by atoms with E-state index in [0.717, 1.165) is 25.8 Å². The summed E-state index contributed by atoms with van der Waals surface area (Å²) < 4.78 is 0. The summed E-state index contributed by atoms with van der Waals surface area (Å²) in [5.41, 5.74) is 0. The summed E-state index contributed by atoms with van der Waals surface area (Å²) in [6.45, 7) is 4.79. The van der Waals surface area contributed by atoms with Crippen LogP contribution in [0.4, 0.5) is 0 Å². The van der Waals surface area contributed by atoms with Crippen molar-refractivity contribution in [3.63, 3.8) is 0 Å². The zero-order chi connectivity index (χ0) is 8.97. The van der Waals surface area contributed by atoms with Crippen molar-refractivity contribution in [2.24, 2.45) is 0 Å². The maximum atomic E-state index is 9.76. The van der Waals surface area contributed by atoms with E-state index in [1.807, 2.05) is 6.08 Å². The molecule has 1 fully saturated rings. The van der Waals surface area contributed by atoms with Gasteiger partial charge in [-0.3, -0.25) is 0 Å². The Kier molecular flexibility index (Phi) is 3.76. The highest BCUT2D eigenvalue weighted by Gasteiger charge is 2.26. The van der Waals surface area contributed by atoms with Gasteiger partial charge in [-0.1, -0.05) is 6.08 Å². The third-order valence-corrected chi connectivity index (χ3v) is 2.69. The van der Waals surface area contributed by atoms with E-state index in [4.69, 9.17) is 0 Å². The minimum atomic E-state index is -0.157. The molecule has 1 rings (SSSR count). The summed E-state index contributed by atoms with van der Waals surface area (Å²) in [6, 6.07) is 0.393. The number of likely N-dealkylation sites (N-methyl/N-ethyl adjacent to an activating group) is 1. The maximum Gasteiger partial charge on any atom is 0.0698 e. The van der Waals surface area contributed by atoms with Crippen LogP contribution in [0.15, 0.2) is 12.7 Å². The Labute approximate surface area is 74.9 Å². The summed E-state index contributed by atoms with van der Waals surface area (Å²) in [6.07, 6.45) is 5.87. The van der Waals surface area contributed by atoms with Gasteiger partial charge in [0.15, 0.2) is 0 Å². The molecule has 1 N–H and O–H groups in total. The third-order valence-electron chi connectivity index (χ3n) is 2.69. The van der Waals surface area contributed by atoms with Crippen molar-refractivity contribution >= 4 is 0 Å². The van der Waals surface area contributed by atoms with Gasteiger partial charge < -0.3 is 10.0 Å². The second-order valence-electron chi connectivity index (χ2n) is 3.62. The highest BCUT2D eigenvalue weighted by molar-refractivity contribution is 4.84. The first kappa shape index (κ1) is 9.75. The monoisotopic (exact) mass is 169 g/mol. The summed E-state index contributed by atoms with van der Waals surface area (Å²) in [4.78, 5) is 2.26. The molecule has 0 aliphatic carbocycles. The molecule has 1 unspecified atom stereocenters. The minimum Gasteiger partial charge on any atom is -0.391 e. The molecular formula is C10H19NO. The van der Waals surface area contributed by atoms with Crippen molar-refractivity contribution in [2.45, 2.75) is 37.8 Å². The van der Waals surface area contributed by atoms with Crippen LogP contribution in [0, 0.1) is 0 Å². The maximum absolute atomic E-state index is 9.76. The number of likely N-dealkylation sites (tertiary alicyclic amines) is 1. The van der Waals surface area contributed by atoms with Gasteiger partial charge in [-0.05, 0) is 39.3 Å². The molecule has 0 bridgehead atoms. The Morgan fingerprint density at radius 2 is 2.50 bits per heavy atom. The lowest BCUT2D eigenvalue weighted by atomic mass is 10.0. The van der Waals surface area contributed by atoms with Gasteiger partial charge in [0.25, 0.3) is 0 Å². The predicted molar refractivity (Wildman–Crippen MR) is 51.1 cm³/mol. The molecule has 0 aromatic carbocycles. The van der Waals surface area contributed by atoms with E-state index in [0.29, 0.717) is 6.04 Å². The normalized spacial score (nSPS) is 27.3. The van der Waals surface area contributed by atoms with Gasteiger partial charge in [0, 0.05) is 6.04 Å². The fourth-order valence-corrected chi connectivity index (χ4v) is 1.90. The number of rotatable bonds is 4. The number of allylic oxidation sites excluding steroid dienone is 1. The van der Waals surface area contributed by atoms with Crippen LogP contribution in [0.1, 0.15) is 25.7 Å². The van der Waals surface area contributed by atoms with E-state index < -0.39 is 0 Å². The van der Waals surface area contributed by atoms with Crippen molar-refractivity contribution < 1.29 is 5.11 Å². The van der Waals surface area contributed by atoms with Gasteiger partial charge in [0.1, 0.15) is 0 Å². The first-order chi connectivity index (χ1) is 5.75. The van der Waals surface area contributed by atoms with Crippen molar-refractivity contribution in [1.82, 2.24) is 4.90 Å². The van der Waals surface area contributed by atoms with Crippen LogP contribution in [0.25, 0.3) is 0 Å². The summed E-state index contributed by atoms with van der Waals surface area (Å²) in [7, 11) is 2.09. The van der Waals surface area contributed by atoms with Crippen LogP contribution < -0.4 is 0 Å². The topological polar surface area (TPSA) is 23.5 Å². The molecule has 1 heterocycles. The Morgan fingerprint density at radius 1 is 1.75 bits per heavy atom. The number of hydrogen-bond donors (Lipinski definition) is 1. The molecule has 0 amide bonds. The zero-order valence-electron chi connectivity index (χ0n) is 7.87. The van der Waals surface area contributed by atoms with E-state index in [2.05, 4.69) is 18.5 Å². The van der Waals surface area contributed by atoms with Crippen molar-refractivity contribution in [1.29, 1.82) is 0 Å². The Balaban J connectivity index is 2.29.